The van der Waals surface area contributed by atoms with Gasteiger partial charge in [-0.1, -0.05) is 25.1 Å². The summed E-state index contributed by atoms with van der Waals surface area (Å²) in [7, 11) is -3.45. The Morgan fingerprint density at radius 1 is 1.12 bits per heavy atom. The van der Waals surface area contributed by atoms with E-state index in [1.165, 1.54) is 0 Å². The molecule has 1 aliphatic rings. The SMILES string of the molecule is CCc1ncc(CN2CCC[C@H](NS(=O)(=O)c3ccccc3)CC2)cn1. The Morgan fingerprint density at radius 3 is 2.54 bits per heavy atom. The zero-order valence-electron chi connectivity index (χ0n) is 15.1. The van der Waals surface area contributed by atoms with Gasteiger partial charge in [0.15, 0.2) is 0 Å². The van der Waals surface area contributed by atoms with Gasteiger partial charge in [-0.05, 0) is 37.9 Å². The normalized spacial score (nSPS) is 19.2. The van der Waals surface area contributed by atoms with Crippen LogP contribution in [-0.2, 0) is 23.0 Å². The van der Waals surface area contributed by atoms with E-state index in [-0.39, 0.29) is 6.04 Å². The number of likely N-dealkylation sites (tertiary alicyclic amines) is 1. The van der Waals surface area contributed by atoms with Gasteiger partial charge in [0.05, 0.1) is 4.90 Å². The zero-order valence-corrected chi connectivity index (χ0v) is 16.0. The molecule has 1 saturated heterocycles. The number of hydrogen-bond donors (Lipinski definition) is 1. The summed E-state index contributed by atoms with van der Waals surface area (Å²) in [6.07, 6.45) is 7.26. The fourth-order valence-electron chi connectivity index (χ4n) is 3.22. The standard InChI is InChI=1S/C19H26N4O2S/c1-2-19-20-13-16(14-21-19)15-23-11-6-7-17(10-12-23)22-26(24,25)18-8-4-3-5-9-18/h3-5,8-9,13-14,17,22H,2,6-7,10-12,15H2,1H3/t17-/m0/s1. The van der Waals surface area contributed by atoms with Crippen LogP contribution in [0.2, 0.25) is 0 Å². The highest BCUT2D eigenvalue weighted by molar-refractivity contribution is 7.89. The summed E-state index contributed by atoms with van der Waals surface area (Å²) in [6, 6.07) is 8.55. The van der Waals surface area contributed by atoms with E-state index in [0.717, 1.165) is 56.7 Å². The summed E-state index contributed by atoms with van der Waals surface area (Å²) < 4.78 is 27.9. The molecular weight excluding hydrogens is 348 g/mol. The van der Waals surface area contributed by atoms with Crippen LogP contribution in [0.15, 0.2) is 47.6 Å². The Kier molecular flexibility index (Phi) is 6.34. The highest BCUT2D eigenvalue weighted by Gasteiger charge is 2.23. The molecular formula is C19H26N4O2S. The van der Waals surface area contributed by atoms with Crippen LogP contribution in [0, 0.1) is 0 Å². The molecule has 0 saturated carbocycles. The third-order valence-corrected chi connectivity index (χ3v) is 6.21. The summed E-state index contributed by atoms with van der Waals surface area (Å²) in [5.74, 6) is 0.861. The van der Waals surface area contributed by atoms with Gasteiger partial charge in [-0.2, -0.15) is 0 Å². The van der Waals surface area contributed by atoms with Crippen molar-refractivity contribution in [2.75, 3.05) is 13.1 Å². The largest absolute Gasteiger partial charge is 0.299 e. The van der Waals surface area contributed by atoms with Gasteiger partial charge in [-0.25, -0.2) is 23.1 Å². The minimum atomic E-state index is -3.45. The lowest BCUT2D eigenvalue weighted by molar-refractivity contribution is 0.274. The van der Waals surface area contributed by atoms with Crippen LogP contribution in [0.4, 0.5) is 0 Å². The van der Waals surface area contributed by atoms with E-state index in [1.54, 1.807) is 24.3 Å². The molecule has 1 N–H and O–H groups in total. The van der Waals surface area contributed by atoms with E-state index in [0.29, 0.717) is 4.90 Å². The molecule has 2 aromatic rings. The molecule has 7 heteroatoms. The monoisotopic (exact) mass is 374 g/mol. The molecule has 1 aromatic carbocycles. The summed E-state index contributed by atoms with van der Waals surface area (Å²) >= 11 is 0. The summed E-state index contributed by atoms with van der Waals surface area (Å²) in [6.45, 7) is 4.67. The van der Waals surface area contributed by atoms with E-state index in [4.69, 9.17) is 0 Å². The third-order valence-electron chi connectivity index (χ3n) is 4.68. The van der Waals surface area contributed by atoms with Gasteiger partial charge in [0.2, 0.25) is 10.0 Å². The Balaban J connectivity index is 1.56. The molecule has 2 heterocycles. The van der Waals surface area contributed by atoms with Crippen LogP contribution in [0.25, 0.3) is 0 Å². The predicted molar refractivity (Wildman–Crippen MR) is 101 cm³/mol. The Morgan fingerprint density at radius 2 is 1.85 bits per heavy atom. The highest BCUT2D eigenvalue weighted by Crippen LogP contribution is 2.16. The first-order valence-electron chi connectivity index (χ1n) is 9.16. The average molecular weight is 375 g/mol. The molecule has 1 aromatic heterocycles. The van der Waals surface area contributed by atoms with Crippen LogP contribution in [0.5, 0.6) is 0 Å². The molecule has 6 nitrogen and oxygen atoms in total. The van der Waals surface area contributed by atoms with Crippen molar-refractivity contribution in [3.63, 3.8) is 0 Å². The molecule has 0 bridgehead atoms. The molecule has 0 unspecified atom stereocenters. The average Bonchev–Trinajstić information content (AvgIpc) is 2.88. The number of nitrogens with zero attached hydrogens (tertiary/aromatic N) is 3. The Hall–Kier alpha value is -1.83. The molecule has 1 atom stereocenters. The molecule has 0 spiro atoms. The van der Waals surface area contributed by atoms with Crippen LogP contribution in [-0.4, -0.2) is 42.4 Å². The Labute approximate surface area is 155 Å². The number of rotatable bonds is 6. The minimum absolute atomic E-state index is 0.0241. The van der Waals surface area contributed by atoms with Crippen molar-refractivity contribution < 1.29 is 8.42 Å². The number of nitrogens with one attached hydrogen (secondary N) is 1. The summed E-state index contributed by atoms with van der Waals surface area (Å²) in [5, 5.41) is 0. The van der Waals surface area contributed by atoms with E-state index in [9.17, 15) is 8.42 Å². The zero-order chi connectivity index (χ0) is 18.4. The second kappa shape index (κ2) is 8.70. The molecule has 140 valence electrons. The number of aryl methyl sites for hydroxylation is 1. The lowest BCUT2D eigenvalue weighted by Crippen LogP contribution is -2.35. The van der Waals surface area contributed by atoms with Crippen molar-refractivity contribution in [2.24, 2.45) is 0 Å². The van der Waals surface area contributed by atoms with E-state index in [1.807, 2.05) is 25.4 Å². The maximum Gasteiger partial charge on any atom is 0.240 e. The molecule has 26 heavy (non-hydrogen) atoms. The number of benzene rings is 1. The van der Waals surface area contributed by atoms with E-state index in [2.05, 4.69) is 19.6 Å². The lowest BCUT2D eigenvalue weighted by atomic mass is 10.1. The van der Waals surface area contributed by atoms with Crippen molar-refractivity contribution in [3.8, 4) is 0 Å². The van der Waals surface area contributed by atoms with E-state index < -0.39 is 10.0 Å². The first-order chi connectivity index (χ1) is 12.6. The second-order valence-electron chi connectivity index (χ2n) is 6.70. The van der Waals surface area contributed by atoms with Crippen molar-refractivity contribution in [3.05, 3.63) is 54.1 Å². The van der Waals surface area contributed by atoms with Gasteiger partial charge in [0.1, 0.15) is 5.82 Å². The lowest BCUT2D eigenvalue weighted by Gasteiger charge is -2.20. The van der Waals surface area contributed by atoms with Crippen LogP contribution in [0.1, 0.15) is 37.6 Å². The number of aromatic nitrogens is 2. The van der Waals surface area contributed by atoms with Gasteiger partial charge in [0.25, 0.3) is 0 Å². The quantitative estimate of drug-likeness (QED) is 0.840. The topological polar surface area (TPSA) is 75.2 Å². The summed E-state index contributed by atoms with van der Waals surface area (Å²) in [5.41, 5.74) is 1.10. The van der Waals surface area contributed by atoms with Crippen molar-refractivity contribution in [1.29, 1.82) is 0 Å². The van der Waals surface area contributed by atoms with Crippen LogP contribution >= 0.6 is 0 Å². The highest BCUT2D eigenvalue weighted by atomic mass is 32.2. The van der Waals surface area contributed by atoms with Gasteiger partial charge in [-0.3, -0.25) is 4.90 Å². The number of sulfonamides is 1. The fourth-order valence-corrected chi connectivity index (χ4v) is 4.55. The van der Waals surface area contributed by atoms with Gasteiger partial charge in [-0.15, -0.1) is 0 Å². The smallest absolute Gasteiger partial charge is 0.240 e. The molecule has 1 aliphatic heterocycles. The van der Waals surface area contributed by atoms with Gasteiger partial charge in [0, 0.05) is 43.5 Å². The van der Waals surface area contributed by atoms with E-state index >= 15 is 0 Å². The molecule has 0 radical (unpaired) electrons. The Bertz CT molecular complexity index is 794. The molecule has 3 rings (SSSR count). The first kappa shape index (κ1) is 18.9. The van der Waals surface area contributed by atoms with Gasteiger partial charge >= 0.3 is 0 Å². The van der Waals surface area contributed by atoms with Crippen LogP contribution < -0.4 is 4.72 Å². The fraction of sp³-hybridized carbons (Fsp3) is 0.474. The maximum absolute atomic E-state index is 12.5. The molecule has 0 amide bonds. The minimum Gasteiger partial charge on any atom is -0.299 e. The maximum atomic E-state index is 12.5. The molecule has 1 fully saturated rings. The van der Waals surface area contributed by atoms with Crippen molar-refractivity contribution >= 4 is 10.0 Å². The first-order valence-corrected chi connectivity index (χ1v) is 10.6. The van der Waals surface area contributed by atoms with Gasteiger partial charge < -0.3 is 0 Å². The van der Waals surface area contributed by atoms with Crippen LogP contribution in [0.3, 0.4) is 0 Å². The summed E-state index contributed by atoms with van der Waals surface area (Å²) in [4.78, 5) is 11.4. The third kappa shape index (κ3) is 5.09. The van der Waals surface area contributed by atoms with Crippen molar-refractivity contribution in [2.45, 2.75) is 50.1 Å². The second-order valence-corrected chi connectivity index (χ2v) is 8.41. The predicted octanol–water partition coefficient (Wildman–Crippen LogP) is 2.37. The van der Waals surface area contributed by atoms with Crippen molar-refractivity contribution in [1.82, 2.24) is 19.6 Å². The molecule has 0 aliphatic carbocycles. The number of hydrogen-bond acceptors (Lipinski definition) is 5.